The minimum Gasteiger partial charge on any atom is -0.496 e. The molecule has 2 aliphatic rings. The molecule has 1 fully saturated rings. The molecular formula is C17H22O. The third-order valence-corrected chi connectivity index (χ3v) is 4.90. The lowest BCUT2D eigenvalue weighted by atomic mass is 9.79. The van der Waals surface area contributed by atoms with Crippen molar-refractivity contribution in [3.8, 4) is 5.75 Å². The molecule has 0 heterocycles. The molecule has 1 nitrogen and oxygen atoms in total. The molecule has 0 aliphatic heterocycles. The maximum Gasteiger partial charge on any atom is 0.122 e. The molecule has 0 unspecified atom stereocenters. The molecule has 0 bridgehead atoms. The van der Waals surface area contributed by atoms with Crippen LogP contribution in [0.1, 0.15) is 55.7 Å². The van der Waals surface area contributed by atoms with Gasteiger partial charge in [0.2, 0.25) is 0 Å². The van der Waals surface area contributed by atoms with Gasteiger partial charge in [-0.05, 0) is 55.2 Å². The molecular weight excluding hydrogens is 220 g/mol. The molecule has 2 aliphatic carbocycles. The molecule has 0 aromatic heterocycles. The number of hydrogen-bond donors (Lipinski definition) is 0. The van der Waals surface area contributed by atoms with E-state index in [1.165, 1.54) is 60.8 Å². The smallest absolute Gasteiger partial charge is 0.122 e. The van der Waals surface area contributed by atoms with Gasteiger partial charge in [-0.3, -0.25) is 0 Å². The maximum absolute atomic E-state index is 5.65. The summed E-state index contributed by atoms with van der Waals surface area (Å²) in [6.45, 7) is 6.25. The molecule has 18 heavy (non-hydrogen) atoms. The zero-order chi connectivity index (χ0) is 12.8. The van der Waals surface area contributed by atoms with Crippen LogP contribution in [-0.2, 0) is 11.8 Å². The highest BCUT2D eigenvalue weighted by Crippen LogP contribution is 2.54. The summed E-state index contributed by atoms with van der Waals surface area (Å²) in [4.78, 5) is 0. The van der Waals surface area contributed by atoms with Crippen molar-refractivity contribution in [2.75, 3.05) is 7.11 Å². The third kappa shape index (κ3) is 1.53. The molecule has 1 aromatic carbocycles. The lowest BCUT2D eigenvalue weighted by Gasteiger charge is -2.26. The van der Waals surface area contributed by atoms with Crippen LogP contribution in [0, 0.1) is 0 Å². The lowest BCUT2D eigenvalue weighted by molar-refractivity contribution is 0.377. The Bertz CT molecular complexity index is 493. The molecule has 0 saturated heterocycles. The Morgan fingerprint density at radius 2 is 1.94 bits per heavy atom. The number of ether oxygens (including phenoxy) is 1. The quantitative estimate of drug-likeness (QED) is 0.742. The Morgan fingerprint density at radius 1 is 1.22 bits per heavy atom. The van der Waals surface area contributed by atoms with Gasteiger partial charge in [-0.15, -0.1) is 0 Å². The van der Waals surface area contributed by atoms with Crippen molar-refractivity contribution in [2.24, 2.45) is 0 Å². The number of rotatable bonds is 2. The van der Waals surface area contributed by atoms with E-state index in [9.17, 15) is 0 Å². The molecule has 1 heteroatoms. The second-order valence-electron chi connectivity index (χ2n) is 5.94. The predicted octanol–water partition coefficient (Wildman–Crippen LogP) is 4.49. The summed E-state index contributed by atoms with van der Waals surface area (Å²) in [7, 11) is 1.80. The molecule has 1 saturated carbocycles. The van der Waals surface area contributed by atoms with E-state index in [1.54, 1.807) is 7.11 Å². The Morgan fingerprint density at radius 3 is 2.56 bits per heavy atom. The molecule has 0 radical (unpaired) electrons. The van der Waals surface area contributed by atoms with E-state index in [0.29, 0.717) is 5.41 Å². The van der Waals surface area contributed by atoms with Crippen LogP contribution in [0.5, 0.6) is 5.75 Å². The van der Waals surface area contributed by atoms with E-state index >= 15 is 0 Å². The Balaban J connectivity index is 2.21. The van der Waals surface area contributed by atoms with Crippen LogP contribution < -0.4 is 4.74 Å². The number of benzene rings is 1. The third-order valence-electron chi connectivity index (χ3n) is 4.90. The highest BCUT2D eigenvalue weighted by Gasteiger charge is 2.43. The second kappa shape index (κ2) is 4.15. The van der Waals surface area contributed by atoms with Gasteiger partial charge in [0.15, 0.2) is 0 Å². The second-order valence-corrected chi connectivity index (χ2v) is 5.94. The Labute approximate surface area is 110 Å². The first-order valence-corrected chi connectivity index (χ1v) is 7.04. The van der Waals surface area contributed by atoms with Crippen LogP contribution in [0.2, 0.25) is 0 Å². The average molecular weight is 242 g/mol. The van der Waals surface area contributed by atoms with Gasteiger partial charge in [-0.25, -0.2) is 0 Å². The summed E-state index contributed by atoms with van der Waals surface area (Å²) in [5.74, 6) is 1.11. The van der Waals surface area contributed by atoms with Gasteiger partial charge < -0.3 is 4.74 Å². The predicted molar refractivity (Wildman–Crippen MR) is 76.2 cm³/mol. The van der Waals surface area contributed by atoms with E-state index < -0.39 is 0 Å². The first-order valence-electron chi connectivity index (χ1n) is 7.04. The Hall–Kier alpha value is -1.24. The number of methoxy groups -OCH3 is 1. The van der Waals surface area contributed by atoms with Crippen molar-refractivity contribution < 1.29 is 4.74 Å². The zero-order valence-corrected chi connectivity index (χ0v) is 11.5. The topological polar surface area (TPSA) is 9.23 Å². The van der Waals surface area contributed by atoms with Gasteiger partial charge in [0.25, 0.3) is 0 Å². The van der Waals surface area contributed by atoms with Crippen molar-refractivity contribution in [2.45, 2.75) is 50.9 Å². The summed E-state index contributed by atoms with van der Waals surface area (Å²) < 4.78 is 5.65. The molecule has 1 spiro atoms. The van der Waals surface area contributed by atoms with Gasteiger partial charge in [0, 0.05) is 5.56 Å². The summed E-state index contributed by atoms with van der Waals surface area (Å²) in [5.41, 5.74) is 6.00. The number of fused-ring (bicyclic) bond motifs is 2. The molecule has 0 N–H and O–H groups in total. The SMILES string of the molecule is C=C(C)c1ccc(OC)c2c1CCC21CCCC1. The van der Waals surface area contributed by atoms with E-state index in [-0.39, 0.29) is 0 Å². The highest BCUT2D eigenvalue weighted by molar-refractivity contribution is 5.70. The fourth-order valence-electron chi connectivity index (χ4n) is 4.08. The Kier molecular flexibility index (Phi) is 2.73. The van der Waals surface area contributed by atoms with Crippen LogP contribution in [0.3, 0.4) is 0 Å². The van der Waals surface area contributed by atoms with Crippen LogP contribution in [0.15, 0.2) is 18.7 Å². The largest absolute Gasteiger partial charge is 0.496 e. The van der Waals surface area contributed by atoms with E-state index in [4.69, 9.17) is 4.74 Å². The van der Waals surface area contributed by atoms with Crippen LogP contribution in [0.25, 0.3) is 5.57 Å². The first-order chi connectivity index (χ1) is 8.68. The minimum atomic E-state index is 0.423. The first kappa shape index (κ1) is 11.8. The molecule has 1 aromatic rings. The molecule has 0 atom stereocenters. The summed E-state index contributed by atoms with van der Waals surface area (Å²) in [6.07, 6.45) is 7.95. The van der Waals surface area contributed by atoms with Gasteiger partial charge in [0.1, 0.15) is 5.75 Å². The van der Waals surface area contributed by atoms with E-state index in [2.05, 4.69) is 25.6 Å². The number of allylic oxidation sites excluding steroid dienone is 1. The standard InChI is InChI=1S/C17H22O/c1-12(2)13-6-7-15(18-3)16-14(13)8-11-17(16)9-4-5-10-17/h6-7H,1,4-5,8-11H2,2-3H3. The fourth-order valence-corrected chi connectivity index (χ4v) is 4.08. The van der Waals surface area contributed by atoms with Crippen molar-refractivity contribution in [3.63, 3.8) is 0 Å². The van der Waals surface area contributed by atoms with Crippen LogP contribution in [0.4, 0.5) is 0 Å². The van der Waals surface area contributed by atoms with Gasteiger partial charge >= 0.3 is 0 Å². The van der Waals surface area contributed by atoms with Gasteiger partial charge in [-0.2, -0.15) is 0 Å². The van der Waals surface area contributed by atoms with Crippen molar-refractivity contribution >= 4 is 5.57 Å². The number of hydrogen-bond acceptors (Lipinski definition) is 1. The lowest BCUT2D eigenvalue weighted by Crippen LogP contribution is -2.18. The average Bonchev–Trinajstić information content (AvgIpc) is 2.98. The maximum atomic E-state index is 5.65. The van der Waals surface area contributed by atoms with Gasteiger partial charge in [0.05, 0.1) is 7.11 Å². The van der Waals surface area contributed by atoms with Crippen molar-refractivity contribution in [1.29, 1.82) is 0 Å². The zero-order valence-electron chi connectivity index (χ0n) is 11.5. The summed E-state index contributed by atoms with van der Waals surface area (Å²) in [6, 6.07) is 4.34. The fraction of sp³-hybridized carbons (Fsp3) is 0.529. The summed E-state index contributed by atoms with van der Waals surface area (Å²) in [5, 5.41) is 0. The van der Waals surface area contributed by atoms with Crippen LogP contribution in [-0.4, -0.2) is 7.11 Å². The minimum absolute atomic E-state index is 0.423. The molecule has 0 amide bonds. The monoisotopic (exact) mass is 242 g/mol. The summed E-state index contributed by atoms with van der Waals surface area (Å²) >= 11 is 0. The normalized spacial score (nSPS) is 20.1. The molecule has 3 rings (SSSR count). The van der Waals surface area contributed by atoms with Crippen LogP contribution >= 0.6 is 0 Å². The van der Waals surface area contributed by atoms with E-state index in [0.717, 1.165) is 5.75 Å². The van der Waals surface area contributed by atoms with E-state index in [1.807, 2.05) is 0 Å². The molecule has 96 valence electrons. The highest BCUT2D eigenvalue weighted by atomic mass is 16.5. The van der Waals surface area contributed by atoms with Gasteiger partial charge in [-0.1, -0.05) is 31.1 Å². The van der Waals surface area contributed by atoms with Crippen molar-refractivity contribution in [1.82, 2.24) is 0 Å². The van der Waals surface area contributed by atoms with Crippen molar-refractivity contribution in [3.05, 3.63) is 35.4 Å².